The van der Waals surface area contributed by atoms with Crippen molar-refractivity contribution in [2.45, 2.75) is 19.8 Å². The highest BCUT2D eigenvalue weighted by Crippen LogP contribution is 2.18. The van der Waals surface area contributed by atoms with Gasteiger partial charge in [0.15, 0.2) is 0 Å². The smallest absolute Gasteiger partial charge is 0.0870 e. The number of likely N-dealkylation sites (N-methyl/N-ethyl adjacent to an activating group) is 1. The molecule has 0 amide bonds. The second kappa shape index (κ2) is 5.48. The summed E-state index contributed by atoms with van der Waals surface area (Å²) in [5, 5.41) is 10.6. The van der Waals surface area contributed by atoms with E-state index >= 15 is 0 Å². The van der Waals surface area contributed by atoms with Gasteiger partial charge in [-0.25, -0.2) is 0 Å². The molecule has 0 bridgehead atoms. The van der Waals surface area contributed by atoms with E-state index in [1.54, 1.807) is 0 Å². The van der Waals surface area contributed by atoms with Gasteiger partial charge in [0.25, 0.3) is 0 Å². The molecule has 0 aliphatic carbocycles. The number of H-pyrrole nitrogens is 1. The monoisotopic (exact) mass is 230 g/mol. The Morgan fingerprint density at radius 1 is 1.29 bits per heavy atom. The summed E-state index contributed by atoms with van der Waals surface area (Å²) in [5.74, 6) is 0.369. The van der Waals surface area contributed by atoms with E-state index in [4.69, 9.17) is 0 Å². The molecule has 1 aromatic heterocycles. The van der Waals surface area contributed by atoms with Gasteiger partial charge in [0.2, 0.25) is 0 Å². The van der Waals surface area contributed by atoms with Crippen LogP contribution in [0, 0.1) is 0 Å². The number of aromatic amines is 1. The van der Waals surface area contributed by atoms with Gasteiger partial charge in [-0.15, -0.1) is 5.10 Å². The van der Waals surface area contributed by atoms with Crippen LogP contribution in [0.4, 0.5) is 5.69 Å². The van der Waals surface area contributed by atoms with Gasteiger partial charge in [-0.1, -0.05) is 30.3 Å². The van der Waals surface area contributed by atoms with Crippen molar-refractivity contribution in [3.05, 3.63) is 42.2 Å². The van der Waals surface area contributed by atoms with Crippen LogP contribution in [0.1, 0.15) is 25.5 Å². The van der Waals surface area contributed by atoms with E-state index < -0.39 is 0 Å². The molecule has 90 valence electrons. The van der Waals surface area contributed by atoms with Crippen molar-refractivity contribution >= 4 is 5.69 Å². The van der Waals surface area contributed by atoms with E-state index in [2.05, 4.69) is 58.4 Å². The van der Waals surface area contributed by atoms with E-state index in [-0.39, 0.29) is 0 Å². The number of benzene rings is 1. The molecule has 1 unspecified atom stereocenters. The Labute approximate surface area is 102 Å². The minimum absolute atomic E-state index is 0.369. The van der Waals surface area contributed by atoms with Gasteiger partial charge in [0.1, 0.15) is 0 Å². The normalized spacial score (nSPS) is 12.4. The van der Waals surface area contributed by atoms with Crippen LogP contribution in [0.15, 0.2) is 36.5 Å². The van der Waals surface area contributed by atoms with Gasteiger partial charge in [-0.2, -0.15) is 0 Å². The third kappa shape index (κ3) is 2.84. The highest BCUT2D eigenvalue weighted by molar-refractivity contribution is 5.46. The molecular weight excluding hydrogens is 212 g/mol. The molecule has 1 N–H and O–H groups in total. The maximum atomic E-state index is 4.06. The summed E-state index contributed by atoms with van der Waals surface area (Å²) in [6.07, 6.45) is 1.86. The van der Waals surface area contributed by atoms with Crippen molar-refractivity contribution < 1.29 is 0 Å². The van der Waals surface area contributed by atoms with E-state index in [0.29, 0.717) is 5.92 Å². The van der Waals surface area contributed by atoms with Crippen molar-refractivity contribution in [3.8, 4) is 0 Å². The van der Waals surface area contributed by atoms with Crippen LogP contribution in [-0.4, -0.2) is 28.5 Å². The number of para-hydroxylation sites is 1. The molecule has 0 aliphatic rings. The quantitative estimate of drug-likeness (QED) is 0.858. The van der Waals surface area contributed by atoms with Crippen molar-refractivity contribution in [1.29, 1.82) is 0 Å². The number of hydrogen-bond acceptors (Lipinski definition) is 3. The predicted octanol–water partition coefficient (Wildman–Crippen LogP) is 2.43. The topological polar surface area (TPSA) is 44.8 Å². The molecule has 1 heterocycles. The lowest BCUT2D eigenvalue weighted by Crippen LogP contribution is -2.27. The van der Waals surface area contributed by atoms with Gasteiger partial charge >= 0.3 is 0 Å². The molecule has 17 heavy (non-hydrogen) atoms. The summed E-state index contributed by atoms with van der Waals surface area (Å²) in [6, 6.07) is 10.5. The van der Waals surface area contributed by atoms with Crippen LogP contribution in [-0.2, 0) is 0 Å². The zero-order valence-electron chi connectivity index (χ0n) is 10.3. The van der Waals surface area contributed by atoms with Crippen LogP contribution in [0.5, 0.6) is 0 Å². The Balaban J connectivity index is 2.06. The minimum Gasteiger partial charge on any atom is -0.371 e. The van der Waals surface area contributed by atoms with Crippen LogP contribution in [0.3, 0.4) is 0 Å². The van der Waals surface area contributed by atoms with Crippen LogP contribution in [0.25, 0.3) is 0 Å². The standard InChI is InChI=1S/C13H18N4/c1-3-17(12-7-5-4-6-8-12)10-11(2)13-9-14-16-15-13/h4-9,11H,3,10H2,1-2H3,(H,14,15,16). The Kier molecular flexibility index (Phi) is 3.75. The maximum Gasteiger partial charge on any atom is 0.0870 e. The fourth-order valence-electron chi connectivity index (χ4n) is 1.93. The molecule has 0 radical (unpaired) electrons. The number of aromatic nitrogens is 3. The first-order chi connectivity index (χ1) is 8.31. The summed E-state index contributed by atoms with van der Waals surface area (Å²) in [4.78, 5) is 2.35. The van der Waals surface area contributed by atoms with E-state index in [1.807, 2.05) is 12.3 Å². The number of nitrogens with one attached hydrogen (secondary N) is 1. The summed E-state index contributed by atoms with van der Waals surface area (Å²) >= 11 is 0. The Morgan fingerprint density at radius 3 is 2.65 bits per heavy atom. The summed E-state index contributed by atoms with van der Waals surface area (Å²) < 4.78 is 0. The molecule has 4 nitrogen and oxygen atoms in total. The van der Waals surface area contributed by atoms with Crippen LogP contribution >= 0.6 is 0 Å². The van der Waals surface area contributed by atoms with Crippen molar-refractivity contribution in [2.75, 3.05) is 18.0 Å². The highest BCUT2D eigenvalue weighted by Gasteiger charge is 2.13. The van der Waals surface area contributed by atoms with Crippen molar-refractivity contribution in [3.63, 3.8) is 0 Å². The first kappa shape index (κ1) is 11.6. The summed E-state index contributed by atoms with van der Waals surface area (Å²) in [5.41, 5.74) is 2.27. The number of hydrogen-bond donors (Lipinski definition) is 1. The van der Waals surface area contributed by atoms with Gasteiger partial charge in [-0.3, -0.25) is 5.10 Å². The first-order valence-corrected chi connectivity index (χ1v) is 5.97. The molecular formula is C13H18N4. The maximum absolute atomic E-state index is 4.06. The molecule has 4 heteroatoms. The average molecular weight is 230 g/mol. The highest BCUT2D eigenvalue weighted by atomic mass is 15.3. The van der Waals surface area contributed by atoms with Gasteiger partial charge in [0, 0.05) is 30.9 Å². The number of rotatable bonds is 5. The Morgan fingerprint density at radius 2 is 2.06 bits per heavy atom. The lowest BCUT2D eigenvalue weighted by Gasteiger charge is -2.25. The SMILES string of the molecule is CCN(CC(C)c1c[nH]nn1)c1ccccc1. The van der Waals surface area contributed by atoms with E-state index in [9.17, 15) is 0 Å². The number of anilines is 1. The van der Waals surface area contributed by atoms with Crippen LogP contribution < -0.4 is 4.90 Å². The fourth-order valence-corrected chi connectivity index (χ4v) is 1.93. The third-order valence-corrected chi connectivity index (χ3v) is 2.94. The zero-order valence-corrected chi connectivity index (χ0v) is 10.3. The Hall–Kier alpha value is -1.84. The first-order valence-electron chi connectivity index (χ1n) is 5.97. The second-order valence-corrected chi connectivity index (χ2v) is 4.17. The van der Waals surface area contributed by atoms with Gasteiger partial charge in [-0.05, 0) is 19.1 Å². The molecule has 2 rings (SSSR count). The lowest BCUT2D eigenvalue weighted by molar-refractivity contribution is 0.681. The van der Waals surface area contributed by atoms with Gasteiger partial charge < -0.3 is 4.90 Å². The average Bonchev–Trinajstić information content (AvgIpc) is 2.90. The number of nitrogens with zero attached hydrogens (tertiary/aromatic N) is 3. The summed E-state index contributed by atoms with van der Waals surface area (Å²) in [7, 11) is 0. The van der Waals surface area contributed by atoms with Crippen LogP contribution in [0.2, 0.25) is 0 Å². The molecule has 0 fully saturated rings. The largest absolute Gasteiger partial charge is 0.371 e. The van der Waals surface area contributed by atoms with Crippen molar-refractivity contribution in [2.24, 2.45) is 0 Å². The zero-order chi connectivity index (χ0) is 12.1. The molecule has 0 saturated heterocycles. The fraction of sp³-hybridized carbons (Fsp3) is 0.385. The molecule has 1 atom stereocenters. The Bertz CT molecular complexity index is 424. The molecule has 2 aromatic rings. The molecule has 0 saturated carbocycles. The molecule has 0 spiro atoms. The predicted molar refractivity (Wildman–Crippen MR) is 69.1 cm³/mol. The van der Waals surface area contributed by atoms with Crippen molar-refractivity contribution in [1.82, 2.24) is 15.4 Å². The lowest BCUT2D eigenvalue weighted by atomic mass is 10.1. The molecule has 0 aliphatic heterocycles. The summed E-state index contributed by atoms with van der Waals surface area (Å²) in [6.45, 7) is 6.28. The van der Waals surface area contributed by atoms with E-state index in [0.717, 1.165) is 18.8 Å². The second-order valence-electron chi connectivity index (χ2n) is 4.17. The molecule has 1 aromatic carbocycles. The minimum atomic E-state index is 0.369. The van der Waals surface area contributed by atoms with E-state index in [1.165, 1.54) is 5.69 Å². The van der Waals surface area contributed by atoms with Gasteiger partial charge in [0.05, 0.1) is 5.69 Å². The third-order valence-electron chi connectivity index (χ3n) is 2.94.